The molecule has 2 saturated carbocycles. The van der Waals surface area contributed by atoms with Crippen LogP contribution < -0.4 is 0 Å². The van der Waals surface area contributed by atoms with E-state index in [0.717, 1.165) is 70.1 Å². The molecule has 0 radical (unpaired) electrons. The summed E-state index contributed by atoms with van der Waals surface area (Å²) in [5.74, 6) is 0.273. The average molecular weight is 445 g/mol. The third-order valence-electron chi connectivity index (χ3n) is 7.84. The van der Waals surface area contributed by atoms with Crippen LogP contribution >= 0.6 is 0 Å². The van der Waals surface area contributed by atoms with Gasteiger partial charge in [-0.05, 0) is 50.8 Å². The third-order valence-corrected chi connectivity index (χ3v) is 7.84. The monoisotopic (exact) mass is 444 g/mol. The second-order valence-corrected chi connectivity index (χ2v) is 9.72. The molecule has 5 nitrogen and oxygen atoms in total. The molecule has 0 saturated heterocycles. The fraction of sp³-hybridized carbons (Fsp3) is 0.704. The van der Waals surface area contributed by atoms with Crippen LogP contribution in [-0.4, -0.2) is 46.0 Å². The maximum absolute atomic E-state index is 13.9. The lowest BCUT2D eigenvalue weighted by molar-refractivity contribution is -0.211. The minimum atomic E-state index is -1.71. The van der Waals surface area contributed by atoms with Gasteiger partial charge in [-0.15, -0.1) is 0 Å². The van der Waals surface area contributed by atoms with Crippen LogP contribution in [0, 0.1) is 11.8 Å². The summed E-state index contributed by atoms with van der Waals surface area (Å²) in [6.07, 6.45) is 8.72. The lowest BCUT2D eigenvalue weighted by Gasteiger charge is -2.42. The van der Waals surface area contributed by atoms with E-state index in [4.69, 9.17) is 4.74 Å². The largest absolute Gasteiger partial charge is 0.411 e. The number of nitrogens with zero attached hydrogens (tertiary/aromatic N) is 1. The van der Waals surface area contributed by atoms with E-state index in [1.165, 1.54) is 0 Å². The first-order valence-corrected chi connectivity index (χ1v) is 12.7. The molecule has 3 rings (SSSR count). The predicted octanol–water partition coefficient (Wildman–Crippen LogP) is 4.96. The number of carbonyl (C=O) groups excluding carboxylic acids is 1. The Bertz CT molecular complexity index is 710. The Labute approximate surface area is 194 Å². The second-order valence-electron chi connectivity index (χ2n) is 9.72. The number of carbonyl (C=O) groups is 1. The van der Waals surface area contributed by atoms with Crippen molar-refractivity contribution in [2.24, 2.45) is 5.92 Å². The molecular weight excluding hydrogens is 402 g/mol. The van der Waals surface area contributed by atoms with E-state index in [1.54, 1.807) is 0 Å². The standard InChI is InChI=1S/C27H42NO4/c1-4-28(5-2)24(29)26(3,21-15-9-6-10-16-21)32-25(30)27(31,22-17-11-7-12-18-22)23-19-13-8-14-20-23/h7,11-12,17-18,23-24,29,31H,4-6,8-10,13-16,19-20H2,1-3H3/q+1. The average Bonchev–Trinajstić information content (AvgIpc) is 2.85. The third kappa shape index (κ3) is 5.00. The molecule has 32 heavy (non-hydrogen) atoms. The predicted molar refractivity (Wildman–Crippen MR) is 127 cm³/mol. The van der Waals surface area contributed by atoms with Gasteiger partial charge in [0.15, 0.2) is 11.8 Å². The fourth-order valence-electron chi connectivity index (χ4n) is 5.70. The summed E-state index contributed by atoms with van der Waals surface area (Å²) in [6.45, 7) is 7.17. The van der Waals surface area contributed by atoms with E-state index in [2.05, 4.69) is 0 Å². The Hall–Kier alpha value is -1.56. The first kappa shape index (κ1) is 25.1. The number of rotatable bonds is 9. The van der Waals surface area contributed by atoms with Crippen molar-refractivity contribution < 1.29 is 19.7 Å². The number of hydrogen-bond donors (Lipinski definition) is 2. The Kier molecular flexibility index (Phi) is 8.65. The van der Waals surface area contributed by atoms with Gasteiger partial charge in [-0.2, -0.15) is 0 Å². The van der Waals surface area contributed by atoms with Crippen LogP contribution in [0.2, 0.25) is 0 Å². The Morgan fingerprint density at radius 2 is 1.62 bits per heavy atom. The quantitative estimate of drug-likeness (QED) is 0.320. The zero-order chi connectivity index (χ0) is 23.2. The summed E-state index contributed by atoms with van der Waals surface area (Å²) in [5, 5.41) is 23.4. The van der Waals surface area contributed by atoms with Crippen LogP contribution in [0.15, 0.2) is 30.3 Å². The maximum atomic E-state index is 13.9. The van der Waals surface area contributed by atoms with E-state index in [1.807, 2.05) is 56.0 Å². The first-order valence-electron chi connectivity index (χ1n) is 12.7. The molecule has 3 atom stereocenters. The highest BCUT2D eigenvalue weighted by atomic mass is 16.6. The molecule has 1 aromatic carbocycles. The highest BCUT2D eigenvalue weighted by Crippen LogP contribution is 2.45. The highest BCUT2D eigenvalue weighted by molar-refractivity contribution is 5.82. The first-order chi connectivity index (χ1) is 15.4. The molecule has 0 amide bonds. The minimum Gasteiger partial charge on any atom is -0.411 e. The van der Waals surface area contributed by atoms with Gasteiger partial charge in [0.05, 0.1) is 12.8 Å². The Morgan fingerprint density at radius 1 is 1.06 bits per heavy atom. The molecule has 178 valence electrons. The van der Waals surface area contributed by atoms with Crippen LogP contribution in [0.1, 0.15) is 90.5 Å². The van der Waals surface area contributed by atoms with Gasteiger partial charge in [-0.3, -0.25) is 4.90 Å². The fourth-order valence-corrected chi connectivity index (χ4v) is 5.70. The molecule has 5 heteroatoms. The molecule has 0 bridgehead atoms. The summed E-state index contributed by atoms with van der Waals surface area (Å²) in [5.41, 5.74) is -2.27. The SMILES string of the molecule is CCN(CC)C(O)C(C)(OC(=O)C(O)(c1ccccc1)C1CCCCC1)[C+]1CCCCC1. The Balaban J connectivity index is 1.97. The topological polar surface area (TPSA) is 70.0 Å². The number of hydrogen-bond acceptors (Lipinski definition) is 5. The van der Waals surface area contributed by atoms with E-state index < -0.39 is 23.4 Å². The van der Waals surface area contributed by atoms with Crippen molar-refractivity contribution in [1.29, 1.82) is 0 Å². The van der Waals surface area contributed by atoms with Crippen molar-refractivity contribution in [2.75, 3.05) is 13.1 Å². The van der Waals surface area contributed by atoms with Crippen molar-refractivity contribution in [3.05, 3.63) is 41.8 Å². The molecule has 1 aromatic rings. The maximum Gasteiger partial charge on any atom is 0.347 e. The van der Waals surface area contributed by atoms with Gasteiger partial charge in [-0.1, -0.05) is 63.4 Å². The zero-order valence-electron chi connectivity index (χ0n) is 20.2. The Morgan fingerprint density at radius 3 is 2.19 bits per heavy atom. The smallest absolute Gasteiger partial charge is 0.347 e. The summed E-state index contributed by atoms with van der Waals surface area (Å²) < 4.78 is 6.28. The van der Waals surface area contributed by atoms with E-state index >= 15 is 0 Å². The van der Waals surface area contributed by atoms with Crippen molar-refractivity contribution in [3.63, 3.8) is 0 Å². The van der Waals surface area contributed by atoms with Gasteiger partial charge in [0, 0.05) is 12.8 Å². The summed E-state index contributed by atoms with van der Waals surface area (Å²) in [4.78, 5) is 15.8. The molecule has 0 spiro atoms. The van der Waals surface area contributed by atoms with Crippen molar-refractivity contribution >= 4 is 5.97 Å². The van der Waals surface area contributed by atoms with Gasteiger partial charge in [0.2, 0.25) is 0 Å². The molecular formula is C27H42NO4+. The minimum absolute atomic E-state index is 0.183. The number of ether oxygens (including phenoxy) is 1. The van der Waals surface area contributed by atoms with Crippen LogP contribution in [0.5, 0.6) is 0 Å². The molecule has 0 heterocycles. The normalized spacial score (nSPS) is 22.8. The molecule has 2 fully saturated rings. The lowest BCUT2D eigenvalue weighted by Crippen LogP contribution is -2.59. The van der Waals surface area contributed by atoms with Gasteiger partial charge in [0.25, 0.3) is 5.60 Å². The summed E-state index contributed by atoms with van der Waals surface area (Å²) in [6, 6.07) is 9.25. The van der Waals surface area contributed by atoms with Gasteiger partial charge in [-0.25, -0.2) is 4.79 Å². The number of likely N-dealkylation sites (N-methyl/N-ethyl adjacent to an activating group) is 1. The van der Waals surface area contributed by atoms with Crippen LogP contribution in [0.25, 0.3) is 0 Å². The van der Waals surface area contributed by atoms with E-state index in [-0.39, 0.29) is 5.92 Å². The van der Waals surface area contributed by atoms with E-state index in [0.29, 0.717) is 18.7 Å². The van der Waals surface area contributed by atoms with Crippen molar-refractivity contribution in [2.45, 2.75) is 102 Å². The molecule has 2 aliphatic rings. The molecule has 0 aromatic heterocycles. The van der Waals surface area contributed by atoms with Crippen LogP contribution in [-0.2, 0) is 15.1 Å². The molecule has 2 N–H and O–H groups in total. The summed E-state index contributed by atoms with van der Waals surface area (Å²) in [7, 11) is 0. The lowest BCUT2D eigenvalue weighted by atomic mass is 9.72. The van der Waals surface area contributed by atoms with Gasteiger partial charge < -0.3 is 14.9 Å². The molecule has 3 unspecified atom stereocenters. The van der Waals surface area contributed by atoms with Gasteiger partial charge in [0.1, 0.15) is 5.92 Å². The van der Waals surface area contributed by atoms with Crippen LogP contribution in [0.4, 0.5) is 0 Å². The second kappa shape index (κ2) is 11.0. The number of aliphatic hydroxyl groups excluding tert-OH is 1. The summed E-state index contributed by atoms with van der Waals surface area (Å²) >= 11 is 0. The number of esters is 1. The number of aliphatic hydroxyl groups is 2. The van der Waals surface area contributed by atoms with Crippen molar-refractivity contribution in [1.82, 2.24) is 4.90 Å². The molecule has 0 aliphatic heterocycles. The molecule has 2 aliphatic carbocycles. The zero-order valence-corrected chi connectivity index (χ0v) is 20.2. The van der Waals surface area contributed by atoms with Crippen LogP contribution in [0.3, 0.4) is 0 Å². The van der Waals surface area contributed by atoms with Gasteiger partial charge >= 0.3 is 5.97 Å². The van der Waals surface area contributed by atoms with Crippen molar-refractivity contribution in [3.8, 4) is 0 Å². The highest BCUT2D eigenvalue weighted by Gasteiger charge is 2.59. The number of benzene rings is 1. The van der Waals surface area contributed by atoms with E-state index in [9.17, 15) is 15.0 Å².